The third-order valence-corrected chi connectivity index (χ3v) is 4.92. The van der Waals surface area contributed by atoms with Crippen molar-refractivity contribution in [2.45, 2.75) is 38.8 Å². The summed E-state index contributed by atoms with van der Waals surface area (Å²) >= 11 is 0. The SMILES string of the molecule is CC[C@H](C)NC(=O)CN1C(=O)N[C@@](C)(c2cccc3ccccc23)C1=O. The summed E-state index contributed by atoms with van der Waals surface area (Å²) in [7, 11) is 0. The van der Waals surface area contributed by atoms with Gasteiger partial charge in [-0.15, -0.1) is 0 Å². The Morgan fingerprint density at radius 3 is 2.62 bits per heavy atom. The van der Waals surface area contributed by atoms with Gasteiger partial charge in [-0.1, -0.05) is 49.4 Å². The molecule has 1 saturated heterocycles. The average Bonchev–Trinajstić information content (AvgIpc) is 2.85. The number of nitrogens with zero attached hydrogens (tertiary/aromatic N) is 1. The van der Waals surface area contributed by atoms with Crippen molar-refractivity contribution in [3.8, 4) is 0 Å². The molecule has 0 aromatic heterocycles. The van der Waals surface area contributed by atoms with Gasteiger partial charge in [-0.05, 0) is 36.6 Å². The maximum atomic E-state index is 13.0. The fourth-order valence-electron chi connectivity index (χ4n) is 3.25. The van der Waals surface area contributed by atoms with Gasteiger partial charge < -0.3 is 10.6 Å². The van der Waals surface area contributed by atoms with Crippen LogP contribution in [0.1, 0.15) is 32.8 Å². The van der Waals surface area contributed by atoms with Crippen LogP contribution in [0.25, 0.3) is 10.8 Å². The number of carbonyl (C=O) groups excluding carboxylic acids is 3. The molecule has 0 unspecified atom stereocenters. The molecule has 0 aliphatic carbocycles. The van der Waals surface area contributed by atoms with Gasteiger partial charge >= 0.3 is 6.03 Å². The first-order valence-corrected chi connectivity index (χ1v) is 8.78. The molecular formula is C20H23N3O3. The molecule has 1 aliphatic heterocycles. The summed E-state index contributed by atoms with van der Waals surface area (Å²) in [5.41, 5.74) is -0.479. The highest BCUT2D eigenvalue weighted by Crippen LogP contribution is 2.33. The number of hydrogen-bond acceptors (Lipinski definition) is 3. The van der Waals surface area contributed by atoms with Crippen LogP contribution >= 0.6 is 0 Å². The molecule has 26 heavy (non-hydrogen) atoms. The van der Waals surface area contributed by atoms with Crippen LogP contribution in [0.4, 0.5) is 4.79 Å². The van der Waals surface area contributed by atoms with E-state index in [9.17, 15) is 14.4 Å². The summed E-state index contributed by atoms with van der Waals surface area (Å²) in [6.45, 7) is 5.23. The van der Waals surface area contributed by atoms with Crippen LogP contribution < -0.4 is 10.6 Å². The van der Waals surface area contributed by atoms with E-state index < -0.39 is 17.5 Å². The van der Waals surface area contributed by atoms with Crippen LogP contribution in [0.2, 0.25) is 0 Å². The summed E-state index contributed by atoms with van der Waals surface area (Å²) in [4.78, 5) is 38.6. The van der Waals surface area contributed by atoms with Gasteiger partial charge in [0.15, 0.2) is 0 Å². The lowest BCUT2D eigenvalue weighted by Gasteiger charge is -2.24. The van der Waals surface area contributed by atoms with E-state index in [1.165, 1.54) is 0 Å². The fraction of sp³-hybridized carbons (Fsp3) is 0.350. The Morgan fingerprint density at radius 1 is 1.19 bits per heavy atom. The normalized spacial score (nSPS) is 21.0. The van der Waals surface area contributed by atoms with E-state index in [-0.39, 0.29) is 18.5 Å². The smallest absolute Gasteiger partial charge is 0.325 e. The Balaban J connectivity index is 1.91. The Labute approximate surface area is 152 Å². The molecule has 3 rings (SSSR count). The van der Waals surface area contributed by atoms with Gasteiger partial charge in [0.25, 0.3) is 5.91 Å². The van der Waals surface area contributed by atoms with Crippen LogP contribution in [0.3, 0.4) is 0 Å². The van der Waals surface area contributed by atoms with E-state index in [2.05, 4.69) is 10.6 Å². The Kier molecular flexibility index (Phi) is 4.68. The zero-order valence-electron chi connectivity index (χ0n) is 15.2. The van der Waals surface area contributed by atoms with E-state index in [1.807, 2.05) is 56.3 Å². The van der Waals surface area contributed by atoms with E-state index in [0.717, 1.165) is 27.7 Å². The summed E-state index contributed by atoms with van der Waals surface area (Å²) in [5, 5.41) is 7.44. The predicted octanol–water partition coefficient (Wildman–Crippen LogP) is 2.52. The molecule has 1 heterocycles. The van der Waals surface area contributed by atoms with Crippen molar-refractivity contribution in [1.82, 2.24) is 15.5 Å². The molecule has 0 radical (unpaired) electrons. The highest BCUT2D eigenvalue weighted by atomic mass is 16.2. The zero-order chi connectivity index (χ0) is 18.9. The first kappa shape index (κ1) is 17.9. The summed E-state index contributed by atoms with van der Waals surface area (Å²) in [6.07, 6.45) is 0.777. The molecule has 6 heteroatoms. The highest BCUT2D eigenvalue weighted by molar-refractivity contribution is 6.10. The monoisotopic (exact) mass is 353 g/mol. The largest absolute Gasteiger partial charge is 0.352 e. The Bertz CT molecular complexity index is 874. The Morgan fingerprint density at radius 2 is 1.88 bits per heavy atom. The lowest BCUT2D eigenvalue weighted by molar-refractivity contribution is -0.135. The summed E-state index contributed by atoms with van der Waals surface area (Å²) in [5.74, 6) is -0.761. The standard InChI is InChI=1S/C20H23N3O3/c1-4-13(2)21-17(24)12-23-18(25)20(3,22-19(23)26)16-11-7-9-14-8-5-6-10-15(14)16/h5-11,13H,4,12H2,1-3H3,(H,21,24)(H,22,26)/t13-,20-/m0/s1. The molecule has 2 aromatic rings. The average molecular weight is 353 g/mol. The minimum atomic E-state index is -1.20. The van der Waals surface area contributed by atoms with Crippen molar-refractivity contribution in [2.24, 2.45) is 0 Å². The van der Waals surface area contributed by atoms with Crippen molar-refractivity contribution in [3.63, 3.8) is 0 Å². The van der Waals surface area contributed by atoms with E-state index in [0.29, 0.717) is 0 Å². The number of carbonyl (C=O) groups is 3. The number of fused-ring (bicyclic) bond motifs is 1. The van der Waals surface area contributed by atoms with Gasteiger partial charge in [-0.25, -0.2) is 4.79 Å². The molecule has 0 saturated carbocycles. The quantitative estimate of drug-likeness (QED) is 0.811. The van der Waals surface area contributed by atoms with E-state index in [4.69, 9.17) is 0 Å². The minimum Gasteiger partial charge on any atom is -0.352 e. The van der Waals surface area contributed by atoms with Gasteiger partial charge in [-0.3, -0.25) is 14.5 Å². The lowest BCUT2D eigenvalue weighted by Crippen LogP contribution is -2.44. The molecule has 1 fully saturated rings. The van der Waals surface area contributed by atoms with Gasteiger partial charge in [0.2, 0.25) is 5.91 Å². The predicted molar refractivity (Wildman–Crippen MR) is 99.4 cm³/mol. The molecule has 1 aliphatic rings. The number of benzene rings is 2. The van der Waals surface area contributed by atoms with E-state index in [1.54, 1.807) is 6.92 Å². The minimum absolute atomic E-state index is 0.00674. The number of nitrogens with one attached hydrogen (secondary N) is 2. The molecular weight excluding hydrogens is 330 g/mol. The highest BCUT2D eigenvalue weighted by Gasteiger charge is 2.50. The molecule has 2 atom stereocenters. The fourth-order valence-corrected chi connectivity index (χ4v) is 3.25. The van der Waals surface area contributed by atoms with E-state index >= 15 is 0 Å². The summed E-state index contributed by atoms with van der Waals surface area (Å²) in [6, 6.07) is 12.8. The molecule has 0 bridgehead atoms. The zero-order valence-corrected chi connectivity index (χ0v) is 15.2. The molecule has 0 spiro atoms. The lowest BCUT2D eigenvalue weighted by atomic mass is 9.88. The first-order valence-electron chi connectivity index (χ1n) is 8.78. The van der Waals surface area contributed by atoms with Crippen LogP contribution in [0.5, 0.6) is 0 Å². The van der Waals surface area contributed by atoms with Crippen LogP contribution in [0, 0.1) is 0 Å². The van der Waals surface area contributed by atoms with Gasteiger partial charge in [-0.2, -0.15) is 0 Å². The van der Waals surface area contributed by atoms with Gasteiger partial charge in [0, 0.05) is 6.04 Å². The number of rotatable bonds is 5. The third kappa shape index (κ3) is 3.03. The Hall–Kier alpha value is -2.89. The van der Waals surface area contributed by atoms with Crippen LogP contribution in [0.15, 0.2) is 42.5 Å². The second-order valence-corrected chi connectivity index (χ2v) is 6.85. The van der Waals surface area contributed by atoms with Crippen molar-refractivity contribution < 1.29 is 14.4 Å². The topological polar surface area (TPSA) is 78.5 Å². The van der Waals surface area contributed by atoms with Crippen LogP contribution in [-0.4, -0.2) is 35.3 Å². The number of urea groups is 1. The molecule has 4 amide bonds. The van der Waals surface area contributed by atoms with Crippen LogP contribution in [-0.2, 0) is 15.1 Å². The van der Waals surface area contributed by atoms with Crippen molar-refractivity contribution in [3.05, 3.63) is 48.0 Å². The van der Waals surface area contributed by atoms with Gasteiger partial charge in [0.05, 0.1) is 0 Å². The summed E-state index contributed by atoms with van der Waals surface area (Å²) < 4.78 is 0. The number of hydrogen-bond donors (Lipinski definition) is 2. The van der Waals surface area contributed by atoms with Crippen molar-refractivity contribution in [1.29, 1.82) is 0 Å². The molecule has 136 valence electrons. The molecule has 2 aromatic carbocycles. The maximum absolute atomic E-state index is 13.0. The molecule has 2 N–H and O–H groups in total. The number of amides is 4. The number of imide groups is 1. The van der Waals surface area contributed by atoms with Crippen molar-refractivity contribution in [2.75, 3.05) is 6.54 Å². The molecule has 6 nitrogen and oxygen atoms in total. The second kappa shape index (κ2) is 6.78. The maximum Gasteiger partial charge on any atom is 0.325 e. The first-order chi connectivity index (χ1) is 12.4. The third-order valence-electron chi connectivity index (χ3n) is 4.92. The van der Waals surface area contributed by atoms with Gasteiger partial charge in [0.1, 0.15) is 12.1 Å². The van der Waals surface area contributed by atoms with Crippen molar-refractivity contribution >= 4 is 28.6 Å². The second-order valence-electron chi connectivity index (χ2n) is 6.85.